The van der Waals surface area contributed by atoms with Gasteiger partial charge in [-0.15, -0.1) is 0 Å². The predicted molar refractivity (Wildman–Crippen MR) is 83.6 cm³/mol. The number of hydrogen-bond donors (Lipinski definition) is 3. The quantitative estimate of drug-likeness (QED) is 0.572. The zero-order valence-corrected chi connectivity index (χ0v) is 13.0. The first-order chi connectivity index (χ1) is 9.62. The van der Waals surface area contributed by atoms with Crippen LogP contribution in [0.4, 0.5) is 17.1 Å². The molecular formula is C14H22N4O3. The number of non-ortho nitro benzene ring substituents is 1. The summed E-state index contributed by atoms with van der Waals surface area (Å²) in [6, 6.07) is 4.05. The van der Waals surface area contributed by atoms with Crippen molar-refractivity contribution in [3.05, 3.63) is 28.3 Å². The number of nitro benzene ring substituents is 1. The number of anilines is 2. The molecule has 0 fully saturated rings. The third kappa shape index (κ3) is 5.29. The Hall–Kier alpha value is -2.31. The lowest BCUT2D eigenvalue weighted by Crippen LogP contribution is -2.47. The summed E-state index contributed by atoms with van der Waals surface area (Å²) in [6.07, 6.45) is 0. The topological polar surface area (TPSA) is 96.3 Å². The third-order valence-electron chi connectivity index (χ3n) is 2.69. The van der Waals surface area contributed by atoms with Crippen LogP contribution in [0.1, 0.15) is 27.7 Å². The van der Waals surface area contributed by atoms with Crippen LogP contribution in [-0.4, -0.2) is 29.5 Å². The molecule has 0 spiro atoms. The van der Waals surface area contributed by atoms with Crippen molar-refractivity contribution in [2.75, 3.05) is 17.7 Å². The van der Waals surface area contributed by atoms with Gasteiger partial charge in [0.05, 0.1) is 4.92 Å². The molecule has 0 aliphatic heterocycles. The molecule has 0 aliphatic rings. The molecule has 0 aromatic heterocycles. The van der Waals surface area contributed by atoms with E-state index in [0.717, 1.165) is 0 Å². The molecule has 0 radical (unpaired) electrons. The number of benzene rings is 1. The third-order valence-corrected chi connectivity index (χ3v) is 2.69. The van der Waals surface area contributed by atoms with E-state index in [9.17, 15) is 14.9 Å². The van der Waals surface area contributed by atoms with Crippen molar-refractivity contribution in [2.24, 2.45) is 0 Å². The van der Waals surface area contributed by atoms with E-state index in [4.69, 9.17) is 0 Å². The molecule has 3 N–H and O–H groups in total. The Morgan fingerprint density at radius 2 is 1.81 bits per heavy atom. The van der Waals surface area contributed by atoms with Gasteiger partial charge < -0.3 is 16.0 Å². The molecule has 7 nitrogen and oxygen atoms in total. The van der Waals surface area contributed by atoms with Crippen molar-refractivity contribution in [2.45, 2.75) is 39.3 Å². The lowest BCUT2D eigenvalue weighted by atomic mass is 10.1. The number of nitrogens with zero attached hydrogens (tertiary/aromatic N) is 1. The van der Waals surface area contributed by atoms with E-state index >= 15 is 0 Å². The standard InChI is InChI=1S/C14H22N4O3/c1-9(13(19)17-14(2,3)4)16-11-6-10(15-5)7-12(8-11)18(20)21/h6-9,15-16H,1-5H3,(H,17,19). The second kappa shape index (κ2) is 6.43. The monoisotopic (exact) mass is 294 g/mol. The van der Waals surface area contributed by atoms with Crippen molar-refractivity contribution < 1.29 is 9.72 Å². The van der Waals surface area contributed by atoms with Gasteiger partial charge in [0.2, 0.25) is 5.91 Å². The van der Waals surface area contributed by atoms with Crippen molar-refractivity contribution in [3.8, 4) is 0 Å². The fourth-order valence-electron chi connectivity index (χ4n) is 1.74. The van der Waals surface area contributed by atoms with Gasteiger partial charge in [-0.05, 0) is 33.8 Å². The van der Waals surface area contributed by atoms with Crippen LogP contribution in [0.25, 0.3) is 0 Å². The fraction of sp³-hybridized carbons (Fsp3) is 0.500. The van der Waals surface area contributed by atoms with Gasteiger partial charge in [-0.2, -0.15) is 0 Å². The van der Waals surface area contributed by atoms with E-state index < -0.39 is 11.0 Å². The van der Waals surface area contributed by atoms with Crippen LogP contribution in [0.15, 0.2) is 18.2 Å². The molecule has 0 saturated carbocycles. The Labute approximate surface area is 124 Å². The number of carbonyl (C=O) groups is 1. The number of carbonyl (C=O) groups excluding carboxylic acids is 1. The first-order valence-electron chi connectivity index (χ1n) is 6.68. The molecule has 0 bridgehead atoms. The van der Waals surface area contributed by atoms with Gasteiger partial charge in [-0.1, -0.05) is 0 Å². The minimum Gasteiger partial charge on any atom is -0.388 e. The molecule has 1 unspecified atom stereocenters. The van der Waals surface area contributed by atoms with Crippen LogP contribution in [0.3, 0.4) is 0 Å². The number of nitrogens with one attached hydrogen (secondary N) is 3. The Balaban J connectivity index is 2.89. The molecular weight excluding hydrogens is 272 g/mol. The largest absolute Gasteiger partial charge is 0.388 e. The Bertz CT molecular complexity index is 538. The van der Waals surface area contributed by atoms with Crippen LogP contribution in [-0.2, 0) is 4.79 Å². The SMILES string of the molecule is CNc1cc(NC(C)C(=O)NC(C)(C)C)cc([N+](=O)[O-])c1. The zero-order valence-electron chi connectivity index (χ0n) is 13.0. The van der Waals surface area contributed by atoms with Gasteiger partial charge in [-0.25, -0.2) is 0 Å². The summed E-state index contributed by atoms with van der Waals surface area (Å²) in [5.41, 5.74) is 0.763. The van der Waals surface area contributed by atoms with Crippen molar-refractivity contribution in [1.82, 2.24) is 5.32 Å². The summed E-state index contributed by atoms with van der Waals surface area (Å²) in [7, 11) is 1.68. The summed E-state index contributed by atoms with van der Waals surface area (Å²) in [5, 5.41) is 19.6. The maximum Gasteiger partial charge on any atom is 0.273 e. The molecule has 0 heterocycles. The molecule has 0 aliphatic carbocycles. The van der Waals surface area contributed by atoms with E-state index in [0.29, 0.717) is 11.4 Å². The second-order valence-electron chi connectivity index (χ2n) is 5.88. The molecule has 1 rings (SSSR count). The average Bonchev–Trinajstić information content (AvgIpc) is 2.36. The predicted octanol–water partition coefficient (Wildman–Crippen LogP) is 2.35. The molecule has 1 amide bonds. The van der Waals surface area contributed by atoms with E-state index in [1.807, 2.05) is 20.8 Å². The smallest absolute Gasteiger partial charge is 0.273 e. The minimum atomic E-state index is -0.504. The molecule has 0 saturated heterocycles. The van der Waals surface area contributed by atoms with Crippen LogP contribution in [0.2, 0.25) is 0 Å². The van der Waals surface area contributed by atoms with Crippen molar-refractivity contribution >= 4 is 23.0 Å². The normalized spacial score (nSPS) is 12.4. The highest BCUT2D eigenvalue weighted by Crippen LogP contribution is 2.24. The van der Waals surface area contributed by atoms with Crippen molar-refractivity contribution in [3.63, 3.8) is 0 Å². The van der Waals surface area contributed by atoms with E-state index in [1.54, 1.807) is 20.0 Å². The van der Waals surface area contributed by atoms with Gasteiger partial charge in [0.15, 0.2) is 0 Å². The highest BCUT2D eigenvalue weighted by Gasteiger charge is 2.20. The molecule has 1 atom stereocenters. The highest BCUT2D eigenvalue weighted by molar-refractivity contribution is 5.85. The molecule has 21 heavy (non-hydrogen) atoms. The number of amides is 1. The average molecular weight is 294 g/mol. The van der Waals surface area contributed by atoms with Crippen LogP contribution < -0.4 is 16.0 Å². The van der Waals surface area contributed by atoms with Crippen LogP contribution >= 0.6 is 0 Å². The maximum absolute atomic E-state index is 12.0. The van der Waals surface area contributed by atoms with Crippen molar-refractivity contribution in [1.29, 1.82) is 0 Å². The van der Waals surface area contributed by atoms with Gasteiger partial charge >= 0.3 is 0 Å². The van der Waals surface area contributed by atoms with Gasteiger partial charge in [0.25, 0.3) is 5.69 Å². The first kappa shape index (κ1) is 16.7. The summed E-state index contributed by atoms with van der Waals surface area (Å²) >= 11 is 0. The molecule has 7 heteroatoms. The fourth-order valence-corrected chi connectivity index (χ4v) is 1.74. The first-order valence-corrected chi connectivity index (χ1v) is 6.68. The molecule has 116 valence electrons. The van der Waals surface area contributed by atoms with Crippen LogP contribution in [0.5, 0.6) is 0 Å². The Morgan fingerprint density at radius 3 is 2.29 bits per heavy atom. The summed E-state index contributed by atoms with van der Waals surface area (Å²) in [5.74, 6) is -0.167. The van der Waals surface area contributed by atoms with Gasteiger partial charge in [-0.3, -0.25) is 14.9 Å². The number of hydrogen-bond acceptors (Lipinski definition) is 5. The van der Waals surface area contributed by atoms with Crippen LogP contribution in [0, 0.1) is 10.1 Å². The zero-order chi connectivity index (χ0) is 16.2. The van der Waals surface area contributed by atoms with E-state index in [2.05, 4.69) is 16.0 Å². The molecule has 1 aromatic carbocycles. The maximum atomic E-state index is 12.0. The summed E-state index contributed by atoms with van der Waals surface area (Å²) in [4.78, 5) is 22.4. The number of rotatable bonds is 5. The number of nitro groups is 1. The van der Waals surface area contributed by atoms with Gasteiger partial charge in [0.1, 0.15) is 6.04 Å². The molecule has 1 aromatic rings. The summed E-state index contributed by atoms with van der Waals surface area (Å²) < 4.78 is 0. The van der Waals surface area contributed by atoms with E-state index in [1.165, 1.54) is 12.1 Å². The lowest BCUT2D eigenvalue weighted by Gasteiger charge is -2.24. The second-order valence-corrected chi connectivity index (χ2v) is 5.88. The minimum absolute atomic E-state index is 0.0345. The Morgan fingerprint density at radius 1 is 1.24 bits per heavy atom. The summed E-state index contributed by atoms with van der Waals surface area (Å²) in [6.45, 7) is 7.39. The highest BCUT2D eigenvalue weighted by atomic mass is 16.6. The van der Waals surface area contributed by atoms with Gasteiger partial charge in [0, 0.05) is 36.1 Å². The Kier molecular flexibility index (Phi) is 5.12. The lowest BCUT2D eigenvalue weighted by molar-refractivity contribution is -0.384. The van der Waals surface area contributed by atoms with E-state index in [-0.39, 0.29) is 17.1 Å².